The summed E-state index contributed by atoms with van der Waals surface area (Å²) in [4.78, 5) is 11.8. The molecule has 0 unspecified atom stereocenters. The second-order valence-electron chi connectivity index (χ2n) is 16.9. The molecule has 0 bridgehead atoms. The number of carboxylic acid groups (broad SMARTS) is 1. The first-order chi connectivity index (χ1) is 32.1. The van der Waals surface area contributed by atoms with Crippen LogP contribution in [-0.4, -0.2) is 325 Å². The van der Waals surface area contributed by atoms with Gasteiger partial charge in [-0.05, 0) is 0 Å². The zero-order chi connectivity index (χ0) is 50.2. The SMILES string of the molecule is O=C(O)[C@H]1O[C@@H](O[C@H]2[C@@H](O)[C@@H](CO[C@@H]3O[C@H](CO)[C@@H](O)[C@H](O)[C@H]3O)O[C@@H](O[C@H]3[C@@H](O)[C@@H](CO)O[C@H](OC[C@H]4O[C@@H](O[C@@H]5[C@@H](O)[C@H](O)O[C@H](CO)[C@@H]5O)[C@H](O)[C@@H](O)[C@H]4O)[C@@H]3O)[C@@H]2O)[C@H](O)[C@@H](O)[C@@H]1O. The van der Waals surface area contributed by atoms with Crippen molar-refractivity contribution in [3.8, 4) is 0 Å². The molecule has 6 heterocycles. The van der Waals surface area contributed by atoms with E-state index in [2.05, 4.69) is 0 Å². The zero-order valence-electron chi connectivity index (χ0n) is 35.2. The number of aliphatic carboxylic acids is 1. The first-order valence-electron chi connectivity index (χ1n) is 21.1. The molecule has 6 aliphatic heterocycles. The average Bonchev–Trinajstić information content (AvgIpc) is 3.31. The quantitative estimate of drug-likeness (QED) is 0.0683. The van der Waals surface area contributed by atoms with Crippen molar-refractivity contribution in [1.29, 1.82) is 0 Å². The Labute approximate surface area is 382 Å². The smallest absolute Gasteiger partial charge is 0.335 e. The summed E-state index contributed by atoms with van der Waals surface area (Å²) in [7, 11) is 0. The van der Waals surface area contributed by atoms with Crippen LogP contribution in [0, 0.1) is 0 Å². The lowest BCUT2D eigenvalue weighted by molar-refractivity contribution is -0.386. The molecule has 6 aliphatic rings. The third-order valence-corrected chi connectivity index (χ3v) is 12.4. The number of rotatable bonds is 16. The number of ether oxygens (including phenoxy) is 11. The third-order valence-electron chi connectivity index (χ3n) is 12.4. The van der Waals surface area contributed by atoms with E-state index in [0.29, 0.717) is 0 Å². The fourth-order valence-electron chi connectivity index (χ4n) is 8.27. The van der Waals surface area contributed by atoms with Gasteiger partial charge in [-0.1, -0.05) is 0 Å². The van der Waals surface area contributed by atoms with E-state index in [9.17, 15) is 107 Å². The van der Waals surface area contributed by atoms with E-state index in [4.69, 9.17) is 52.1 Å². The topological polar surface area (TPSA) is 523 Å². The molecular formula is C36H60O32. The van der Waals surface area contributed by atoms with Gasteiger partial charge in [0.2, 0.25) is 0 Å². The Bertz CT molecular complexity index is 1590. The molecule has 0 aliphatic carbocycles. The second-order valence-corrected chi connectivity index (χ2v) is 16.9. The number of aliphatic hydroxyl groups is 19. The largest absolute Gasteiger partial charge is 0.479 e. The van der Waals surface area contributed by atoms with Gasteiger partial charge in [0.1, 0.15) is 140 Å². The fourth-order valence-corrected chi connectivity index (χ4v) is 8.27. The average molecular weight is 1000 g/mol. The highest BCUT2D eigenvalue weighted by molar-refractivity contribution is 5.73. The summed E-state index contributed by atoms with van der Waals surface area (Å²) in [6.07, 6.45) is -60.1. The Hall–Kier alpha value is -1.73. The highest BCUT2D eigenvalue weighted by Crippen LogP contribution is 2.35. The maximum absolute atomic E-state index is 11.8. The number of aliphatic hydroxyl groups excluding tert-OH is 19. The van der Waals surface area contributed by atoms with Gasteiger partial charge in [-0.2, -0.15) is 0 Å². The minimum Gasteiger partial charge on any atom is -0.479 e. The molecule has 32 heteroatoms. The Morgan fingerprint density at radius 1 is 0.338 bits per heavy atom. The summed E-state index contributed by atoms with van der Waals surface area (Å²) in [6, 6.07) is 0. The fraction of sp³-hybridized carbons (Fsp3) is 0.972. The van der Waals surface area contributed by atoms with Crippen molar-refractivity contribution in [3.63, 3.8) is 0 Å². The summed E-state index contributed by atoms with van der Waals surface area (Å²) >= 11 is 0. The van der Waals surface area contributed by atoms with Gasteiger partial charge in [0, 0.05) is 0 Å². The van der Waals surface area contributed by atoms with E-state index >= 15 is 0 Å². The van der Waals surface area contributed by atoms with E-state index in [1.807, 2.05) is 0 Å². The van der Waals surface area contributed by atoms with Crippen LogP contribution in [0.3, 0.4) is 0 Å². The maximum atomic E-state index is 11.8. The summed E-state index contributed by atoms with van der Waals surface area (Å²) in [5.74, 6) is -1.84. The normalized spacial score (nSPS) is 52.7. The molecular weight excluding hydrogens is 944 g/mol. The number of hydrogen-bond donors (Lipinski definition) is 20. The van der Waals surface area contributed by atoms with E-state index in [1.54, 1.807) is 0 Å². The maximum Gasteiger partial charge on any atom is 0.335 e. The summed E-state index contributed by atoms with van der Waals surface area (Å²) < 4.78 is 59.9. The molecule has 68 heavy (non-hydrogen) atoms. The Morgan fingerprint density at radius 2 is 0.662 bits per heavy atom. The molecule has 0 radical (unpaired) electrons. The molecule has 6 rings (SSSR count). The minimum absolute atomic E-state index is 0.858. The van der Waals surface area contributed by atoms with Crippen LogP contribution in [-0.2, 0) is 56.9 Å². The third kappa shape index (κ3) is 11.4. The van der Waals surface area contributed by atoms with Crippen molar-refractivity contribution in [1.82, 2.24) is 0 Å². The lowest BCUT2D eigenvalue weighted by Crippen LogP contribution is -2.67. The van der Waals surface area contributed by atoms with Gasteiger partial charge in [-0.25, -0.2) is 4.79 Å². The Morgan fingerprint density at radius 3 is 1.15 bits per heavy atom. The molecule has 0 aromatic carbocycles. The molecule has 396 valence electrons. The van der Waals surface area contributed by atoms with Crippen molar-refractivity contribution >= 4 is 5.97 Å². The van der Waals surface area contributed by atoms with Crippen molar-refractivity contribution in [2.75, 3.05) is 33.0 Å². The number of carboxylic acids is 1. The standard InChI is InChI=1S/C36H60O32/c37-1-6-11(40)16(45)20(49)32(61-6)58-5-10-15(44)28(66-35-22(51)18(47)19(48)29(68-35)30(55)56)25(54)36(64-10)67-27-14(43)8(3-39)62-33(24(27)53)59-4-9-12(41)17(46)21(50)34(63-9)65-26-13(42)7(2-38)60-31(57)23(26)52/h6-29,31-54,57H,1-5H2,(H,55,56)/t6-,7-,8-,9-,10-,11-,12+,13+,14+,15+,16+,17+,18+,19+,20-,21-,22-,23-,24-,25-,26+,27+,28+,29+,31-,32-,33+,34+,35-,36+/m1/s1. The molecule has 0 spiro atoms. The highest BCUT2D eigenvalue weighted by atomic mass is 16.8. The van der Waals surface area contributed by atoms with Crippen LogP contribution in [0.4, 0.5) is 0 Å². The van der Waals surface area contributed by atoms with E-state index in [0.717, 1.165) is 0 Å². The Balaban J connectivity index is 1.20. The zero-order valence-corrected chi connectivity index (χ0v) is 35.2. The van der Waals surface area contributed by atoms with Crippen LogP contribution in [0.2, 0.25) is 0 Å². The van der Waals surface area contributed by atoms with Gasteiger partial charge in [0.05, 0.1) is 33.0 Å². The van der Waals surface area contributed by atoms with Crippen LogP contribution in [0.25, 0.3) is 0 Å². The van der Waals surface area contributed by atoms with Crippen molar-refractivity contribution in [2.24, 2.45) is 0 Å². The molecule has 6 fully saturated rings. The van der Waals surface area contributed by atoms with Crippen molar-refractivity contribution in [3.05, 3.63) is 0 Å². The second kappa shape index (κ2) is 23.4. The van der Waals surface area contributed by atoms with Gasteiger partial charge in [0.25, 0.3) is 0 Å². The highest BCUT2D eigenvalue weighted by Gasteiger charge is 2.56. The Kier molecular flexibility index (Phi) is 19.2. The van der Waals surface area contributed by atoms with Gasteiger partial charge >= 0.3 is 5.97 Å². The summed E-state index contributed by atoms with van der Waals surface area (Å²) in [6.45, 7) is -4.60. The molecule has 0 aromatic heterocycles. The molecule has 0 saturated carbocycles. The van der Waals surface area contributed by atoms with E-state index < -0.39 is 223 Å². The predicted octanol–water partition coefficient (Wildman–Crippen LogP) is -14.0. The van der Waals surface area contributed by atoms with Crippen LogP contribution >= 0.6 is 0 Å². The van der Waals surface area contributed by atoms with Crippen LogP contribution in [0.1, 0.15) is 0 Å². The van der Waals surface area contributed by atoms with Gasteiger partial charge in [-0.15, -0.1) is 0 Å². The number of hydrogen-bond acceptors (Lipinski definition) is 31. The van der Waals surface area contributed by atoms with Crippen LogP contribution in [0.5, 0.6) is 0 Å². The molecule has 20 N–H and O–H groups in total. The molecule has 32 nitrogen and oxygen atoms in total. The molecule has 6 saturated heterocycles. The van der Waals surface area contributed by atoms with Crippen molar-refractivity contribution in [2.45, 2.75) is 184 Å². The lowest BCUT2D eigenvalue weighted by atomic mass is 9.95. The first kappa shape index (κ1) is 55.6. The van der Waals surface area contributed by atoms with Crippen LogP contribution < -0.4 is 0 Å². The van der Waals surface area contributed by atoms with Crippen molar-refractivity contribution < 1.29 is 159 Å². The van der Waals surface area contributed by atoms with Gasteiger partial charge in [-0.3, -0.25) is 0 Å². The molecule has 0 amide bonds. The van der Waals surface area contributed by atoms with Gasteiger partial charge in [0.15, 0.2) is 43.8 Å². The monoisotopic (exact) mass is 1000 g/mol. The molecule has 0 aromatic rings. The van der Waals surface area contributed by atoms with Gasteiger partial charge < -0.3 is 154 Å². The summed E-state index contributed by atoms with van der Waals surface area (Å²) in [5, 5.41) is 209. The molecule has 30 atom stereocenters. The predicted molar refractivity (Wildman–Crippen MR) is 200 cm³/mol. The van der Waals surface area contributed by atoms with E-state index in [1.165, 1.54) is 0 Å². The number of carbonyl (C=O) groups is 1. The van der Waals surface area contributed by atoms with Crippen LogP contribution in [0.15, 0.2) is 0 Å². The van der Waals surface area contributed by atoms with E-state index in [-0.39, 0.29) is 0 Å². The minimum atomic E-state index is -2.33. The first-order valence-corrected chi connectivity index (χ1v) is 21.1. The lowest BCUT2D eigenvalue weighted by Gasteiger charge is -2.48. The summed E-state index contributed by atoms with van der Waals surface area (Å²) in [5.41, 5.74) is 0.